The third kappa shape index (κ3) is 4.29. The number of carboxylic acid groups (broad SMARTS) is 1. The summed E-state index contributed by atoms with van der Waals surface area (Å²) >= 11 is 0. The molecule has 0 saturated heterocycles. The summed E-state index contributed by atoms with van der Waals surface area (Å²) in [6.45, 7) is 4.11. The van der Waals surface area contributed by atoms with Crippen LogP contribution < -0.4 is 4.74 Å². The normalized spacial score (nSPS) is 13.3. The van der Waals surface area contributed by atoms with Crippen LogP contribution in [0.5, 0.6) is 5.75 Å². The van der Waals surface area contributed by atoms with Gasteiger partial charge in [-0.2, -0.15) is 5.26 Å². The smallest absolute Gasteiger partial charge is 0.339 e. The summed E-state index contributed by atoms with van der Waals surface area (Å²) < 4.78 is 5.55. The molecule has 1 aromatic carbocycles. The van der Waals surface area contributed by atoms with E-state index in [4.69, 9.17) is 9.84 Å². The van der Waals surface area contributed by atoms with Gasteiger partial charge in [0.25, 0.3) is 0 Å². The number of ether oxygens (including phenoxy) is 1. The molecule has 4 heteroatoms. The highest BCUT2D eigenvalue weighted by molar-refractivity contribution is 5.90. The van der Waals surface area contributed by atoms with Crippen molar-refractivity contribution in [2.45, 2.75) is 33.1 Å². The number of unbranched alkanes of at least 4 members (excludes halogenated alkanes) is 1. The Morgan fingerprint density at radius 1 is 1.47 bits per heavy atom. The highest BCUT2D eigenvalue weighted by Gasteiger charge is 2.25. The molecule has 0 aliphatic rings. The van der Waals surface area contributed by atoms with E-state index in [0.29, 0.717) is 5.75 Å². The molecule has 0 heterocycles. The van der Waals surface area contributed by atoms with E-state index in [2.05, 4.69) is 13.0 Å². The van der Waals surface area contributed by atoms with Crippen LogP contribution in [0.4, 0.5) is 0 Å². The molecule has 0 saturated carbocycles. The van der Waals surface area contributed by atoms with Crippen LogP contribution >= 0.6 is 0 Å². The van der Waals surface area contributed by atoms with Gasteiger partial charge in [-0.15, -0.1) is 0 Å². The van der Waals surface area contributed by atoms with Crippen LogP contribution in [0.2, 0.25) is 0 Å². The van der Waals surface area contributed by atoms with Crippen molar-refractivity contribution < 1.29 is 14.6 Å². The van der Waals surface area contributed by atoms with Crippen LogP contribution in [0.3, 0.4) is 0 Å². The summed E-state index contributed by atoms with van der Waals surface area (Å²) in [6, 6.07) is 8.73. The SMILES string of the molecule is CCCCC(C)(C#N)COc1ccccc1C(=O)O. The summed E-state index contributed by atoms with van der Waals surface area (Å²) in [4.78, 5) is 11.0. The molecular weight excluding hydrogens is 242 g/mol. The van der Waals surface area contributed by atoms with E-state index < -0.39 is 11.4 Å². The van der Waals surface area contributed by atoms with E-state index in [-0.39, 0.29) is 12.2 Å². The van der Waals surface area contributed by atoms with Crippen molar-refractivity contribution in [3.05, 3.63) is 29.8 Å². The molecule has 102 valence electrons. The summed E-state index contributed by atoms with van der Waals surface area (Å²) in [5, 5.41) is 18.3. The fourth-order valence-electron chi connectivity index (χ4n) is 1.73. The van der Waals surface area contributed by atoms with Crippen LogP contribution in [-0.2, 0) is 0 Å². The van der Waals surface area contributed by atoms with Gasteiger partial charge in [-0.1, -0.05) is 31.9 Å². The largest absolute Gasteiger partial charge is 0.491 e. The monoisotopic (exact) mass is 261 g/mol. The lowest BCUT2D eigenvalue weighted by Gasteiger charge is -2.22. The van der Waals surface area contributed by atoms with Crippen molar-refractivity contribution in [2.24, 2.45) is 5.41 Å². The van der Waals surface area contributed by atoms with E-state index in [9.17, 15) is 10.1 Å². The predicted octanol–water partition coefficient (Wildman–Crippen LogP) is 3.48. The number of rotatable bonds is 7. The number of aromatic carboxylic acids is 1. The quantitative estimate of drug-likeness (QED) is 0.815. The zero-order valence-electron chi connectivity index (χ0n) is 11.3. The average Bonchev–Trinajstić information content (AvgIpc) is 2.43. The molecule has 0 bridgehead atoms. The summed E-state index contributed by atoms with van der Waals surface area (Å²) in [6.07, 6.45) is 2.71. The zero-order valence-corrected chi connectivity index (χ0v) is 11.3. The van der Waals surface area contributed by atoms with Crippen LogP contribution in [0.25, 0.3) is 0 Å². The van der Waals surface area contributed by atoms with Crippen molar-refractivity contribution >= 4 is 5.97 Å². The molecule has 0 fully saturated rings. The number of para-hydroxylation sites is 1. The average molecular weight is 261 g/mol. The number of carboxylic acids is 1. The molecule has 0 amide bonds. The highest BCUT2D eigenvalue weighted by Crippen LogP contribution is 2.26. The molecule has 0 aromatic heterocycles. The minimum atomic E-state index is -1.03. The second-order valence-electron chi connectivity index (χ2n) is 4.87. The maximum Gasteiger partial charge on any atom is 0.339 e. The first-order chi connectivity index (χ1) is 9.02. The number of nitriles is 1. The van der Waals surface area contributed by atoms with Gasteiger partial charge in [0.15, 0.2) is 0 Å². The Balaban J connectivity index is 2.76. The van der Waals surface area contributed by atoms with Crippen molar-refractivity contribution in [1.82, 2.24) is 0 Å². The first kappa shape index (κ1) is 15.0. The van der Waals surface area contributed by atoms with E-state index >= 15 is 0 Å². The Labute approximate surface area is 113 Å². The molecule has 1 N–H and O–H groups in total. The fraction of sp³-hybridized carbons (Fsp3) is 0.467. The molecule has 0 aliphatic heterocycles. The van der Waals surface area contributed by atoms with E-state index in [1.165, 1.54) is 6.07 Å². The first-order valence-electron chi connectivity index (χ1n) is 6.39. The third-order valence-corrected chi connectivity index (χ3v) is 3.02. The van der Waals surface area contributed by atoms with Crippen LogP contribution in [0.15, 0.2) is 24.3 Å². The molecule has 0 spiro atoms. The molecule has 19 heavy (non-hydrogen) atoms. The van der Waals surface area contributed by atoms with Crippen molar-refractivity contribution in [1.29, 1.82) is 5.26 Å². The maximum absolute atomic E-state index is 11.0. The Morgan fingerprint density at radius 3 is 2.74 bits per heavy atom. The number of hydrogen-bond donors (Lipinski definition) is 1. The molecule has 4 nitrogen and oxygen atoms in total. The highest BCUT2D eigenvalue weighted by atomic mass is 16.5. The van der Waals surface area contributed by atoms with Gasteiger partial charge >= 0.3 is 5.97 Å². The van der Waals surface area contributed by atoms with Crippen LogP contribution in [0, 0.1) is 16.7 Å². The Morgan fingerprint density at radius 2 is 2.16 bits per heavy atom. The number of benzene rings is 1. The lowest BCUT2D eigenvalue weighted by atomic mass is 9.87. The molecule has 0 radical (unpaired) electrons. The zero-order chi connectivity index (χ0) is 14.3. The topological polar surface area (TPSA) is 70.3 Å². The number of hydrogen-bond acceptors (Lipinski definition) is 3. The second-order valence-corrected chi connectivity index (χ2v) is 4.87. The minimum absolute atomic E-state index is 0.123. The maximum atomic E-state index is 11.0. The predicted molar refractivity (Wildman–Crippen MR) is 72.1 cm³/mol. The minimum Gasteiger partial charge on any atom is -0.491 e. The first-order valence-corrected chi connectivity index (χ1v) is 6.39. The van der Waals surface area contributed by atoms with Gasteiger partial charge in [-0.25, -0.2) is 4.79 Å². The van der Waals surface area contributed by atoms with Crippen LogP contribution in [-0.4, -0.2) is 17.7 Å². The molecule has 1 aromatic rings. The van der Waals surface area contributed by atoms with Gasteiger partial charge in [-0.3, -0.25) is 0 Å². The van der Waals surface area contributed by atoms with Gasteiger partial charge in [-0.05, 0) is 25.5 Å². The summed E-state index contributed by atoms with van der Waals surface area (Å²) in [5.74, 6) is -0.712. The van der Waals surface area contributed by atoms with Gasteiger partial charge in [0.2, 0.25) is 0 Å². The van der Waals surface area contributed by atoms with Gasteiger partial charge < -0.3 is 9.84 Å². The molecule has 1 atom stereocenters. The van der Waals surface area contributed by atoms with Crippen molar-refractivity contribution in [2.75, 3.05) is 6.61 Å². The Kier molecular flexibility index (Phi) is 5.37. The van der Waals surface area contributed by atoms with Gasteiger partial charge in [0, 0.05) is 0 Å². The number of nitrogens with zero attached hydrogens (tertiary/aromatic N) is 1. The Bertz CT molecular complexity index is 479. The lowest BCUT2D eigenvalue weighted by molar-refractivity contribution is 0.0690. The molecule has 0 aliphatic carbocycles. The number of carbonyl (C=O) groups is 1. The Hall–Kier alpha value is -2.02. The molecule has 1 rings (SSSR count). The van der Waals surface area contributed by atoms with E-state index in [1.807, 2.05) is 6.92 Å². The molecule has 1 unspecified atom stereocenters. The fourth-order valence-corrected chi connectivity index (χ4v) is 1.73. The van der Waals surface area contributed by atoms with Crippen LogP contribution in [0.1, 0.15) is 43.5 Å². The summed E-state index contributed by atoms with van der Waals surface area (Å²) in [7, 11) is 0. The lowest BCUT2D eigenvalue weighted by Crippen LogP contribution is -2.23. The van der Waals surface area contributed by atoms with E-state index in [0.717, 1.165) is 19.3 Å². The van der Waals surface area contributed by atoms with Crippen molar-refractivity contribution in [3.8, 4) is 11.8 Å². The van der Waals surface area contributed by atoms with Crippen molar-refractivity contribution in [3.63, 3.8) is 0 Å². The second kappa shape index (κ2) is 6.79. The third-order valence-electron chi connectivity index (χ3n) is 3.02. The standard InChI is InChI=1S/C15H19NO3/c1-3-4-9-15(2,10-16)11-19-13-8-6-5-7-12(13)14(17)18/h5-8H,3-4,9,11H2,1-2H3,(H,17,18). The van der Waals surface area contributed by atoms with Gasteiger partial charge in [0.05, 0.1) is 11.5 Å². The van der Waals surface area contributed by atoms with Gasteiger partial charge in [0.1, 0.15) is 17.9 Å². The van der Waals surface area contributed by atoms with E-state index in [1.54, 1.807) is 18.2 Å². The molecular formula is C15H19NO3. The summed E-state index contributed by atoms with van der Waals surface area (Å²) in [5.41, 5.74) is -0.458.